The number of para-hydroxylation sites is 1. The van der Waals surface area contributed by atoms with Gasteiger partial charge in [0.1, 0.15) is 17.8 Å². The van der Waals surface area contributed by atoms with E-state index in [0.29, 0.717) is 0 Å². The summed E-state index contributed by atoms with van der Waals surface area (Å²) in [6.45, 7) is 0.115. The molecule has 1 saturated heterocycles. The molecule has 2 atom stereocenters. The molecule has 0 radical (unpaired) electrons. The monoisotopic (exact) mass is 345 g/mol. The quantitative estimate of drug-likeness (QED) is 0.780. The third-order valence-electron chi connectivity index (χ3n) is 3.91. The van der Waals surface area contributed by atoms with Crippen molar-refractivity contribution in [3.8, 4) is 5.75 Å². The molecule has 0 saturated carbocycles. The summed E-state index contributed by atoms with van der Waals surface area (Å²) in [6, 6.07) is 5.16. The number of rotatable bonds is 4. The zero-order chi connectivity index (χ0) is 17.8. The number of carbonyl (C=O) groups is 2. The van der Waals surface area contributed by atoms with E-state index in [-0.39, 0.29) is 24.4 Å². The molecule has 2 heterocycles. The molecule has 1 aromatic carbocycles. The van der Waals surface area contributed by atoms with Crippen LogP contribution >= 0.6 is 0 Å². The van der Waals surface area contributed by atoms with E-state index in [1.165, 1.54) is 42.7 Å². The lowest BCUT2D eigenvalue weighted by atomic mass is 10.2. The van der Waals surface area contributed by atoms with Crippen molar-refractivity contribution < 1.29 is 23.5 Å². The first-order chi connectivity index (χ1) is 12.1. The van der Waals surface area contributed by atoms with Crippen molar-refractivity contribution in [2.24, 2.45) is 0 Å². The predicted octanol–water partition coefficient (Wildman–Crippen LogP) is 1.45. The number of ether oxygens (including phenoxy) is 2. The van der Waals surface area contributed by atoms with Crippen molar-refractivity contribution in [2.75, 3.05) is 13.7 Å². The second kappa shape index (κ2) is 7.25. The maximum absolute atomic E-state index is 13.8. The zero-order valence-electron chi connectivity index (χ0n) is 13.5. The van der Waals surface area contributed by atoms with Crippen LogP contribution in [0.4, 0.5) is 4.39 Å². The van der Waals surface area contributed by atoms with Crippen molar-refractivity contribution in [2.45, 2.75) is 18.6 Å². The molecule has 1 aliphatic rings. The predicted molar refractivity (Wildman–Crippen MR) is 84.3 cm³/mol. The number of likely N-dealkylation sites (tertiary alicyclic amines) is 1. The van der Waals surface area contributed by atoms with Gasteiger partial charge in [0, 0.05) is 18.8 Å². The molecule has 1 amide bonds. The minimum absolute atomic E-state index is 0.0740. The average Bonchev–Trinajstić information content (AvgIpc) is 3.07. The SMILES string of the molecule is COC(=O)[C@@H]1C[C@H](Oc2ccccc2F)CN1C(=O)c1cnccn1. The van der Waals surface area contributed by atoms with Crippen LogP contribution in [0.25, 0.3) is 0 Å². The summed E-state index contributed by atoms with van der Waals surface area (Å²) in [5, 5.41) is 0. The fourth-order valence-electron chi connectivity index (χ4n) is 2.74. The molecule has 0 aliphatic carbocycles. The number of benzene rings is 1. The Balaban J connectivity index is 1.80. The van der Waals surface area contributed by atoms with Crippen molar-refractivity contribution in [3.05, 3.63) is 54.4 Å². The highest BCUT2D eigenvalue weighted by Crippen LogP contribution is 2.26. The molecule has 1 aliphatic heterocycles. The number of esters is 1. The molecular formula is C17H16FN3O4. The Hall–Kier alpha value is -3.03. The fourth-order valence-corrected chi connectivity index (χ4v) is 2.74. The van der Waals surface area contributed by atoms with E-state index in [4.69, 9.17) is 9.47 Å². The van der Waals surface area contributed by atoms with Gasteiger partial charge in [-0.25, -0.2) is 14.2 Å². The molecular weight excluding hydrogens is 329 g/mol. The largest absolute Gasteiger partial charge is 0.485 e. The van der Waals surface area contributed by atoms with E-state index in [0.717, 1.165) is 0 Å². The lowest BCUT2D eigenvalue weighted by molar-refractivity contribution is -0.145. The topological polar surface area (TPSA) is 81.6 Å². The van der Waals surface area contributed by atoms with Crippen LogP contribution in [0.5, 0.6) is 5.75 Å². The van der Waals surface area contributed by atoms with Crippen LogP contribution < -0.4 is 4.74 Å². The van der Waals surface area contributed by atoms with Crippen LogP contribution in [-0.2, 0) is 9.53 Å². The van der Waals surface area contributed by atoms with Gasteiger partial charge in [-0.3, -0.25) is 9.78 Å². The summed E-state index contributed by atoms with van der Waals surface area (Å²) >= 11 is 0. The third kappa shape index (κ3) is 3.57. The Morgan fingerprint density at radius 1 is 1.28 bits per heavy atom. The van der Waals surface area contributed by atoms with Gasteiger partial charge >= 0.3 is 5.97 Å². The fraction of sp³-hybridized carbons (Fsp3) is 0.294. The Morgan fingerprint density at radius 2 is 2.08 bits per heavy atom. The molecule has 7 nitrogen and oxygen atoms in total. The van der Waals surface area contributed by atoms with Crippen LogP contribution in [0.15, 0.2) is 42.9 Å². The maximum atomic E-state index is 13.8. The molecule has 3 rings (SSSR count). The molecule has 1 aromatic heterocycles. The lowest BCUT2D eigenvalue weighted by Crippen LogP contribution is -2.41. The Labute approximate surface area is 143 Å². The van der Waals surface area contributed by atoms with Gasteiger partial charge in [0.05, 0.1) is 19.9 Å². The Kier molecular flexibility index (Phi) is 4.87. The number of carbonyl (C=O) groups excluding carboxylic acids is 2. The van der Waals surface area contributed by atoms with E-state index >= 15 is 0 Å². The number of aromatic nitrogens is 2. The van der Waals surface area contributed by atoms with Crippen LogP contribution in [0.3, 0.4) is 0 Å². The number of hydrogen-bond donors (Lipinski definition) is 0. The summed E-state index contributed by atoms with van der Waals surface area (Å²) in [4.78, 5) is 33.8. The number of halogens is 1. The van der Waals surface area contributed by atoms with Gasteiger partial charge in [-0.15, -0.1) is 0 Å². The van der Waals surface area contributed by atoms with Crippen molar-refractivity contribution in [3.63, 3.8) is 0 Å². The zero-order valence-corrected chi connectivity index (χ0v) is 13.5. The average molecular weight is 345 g/mol. The van der Waals surface area contributed by atoms with Gasteiger partial charge in [0.2, 0.25) is 0 Å². The van der Waals surface area contributed by atoms with Crippen LogP contribution in [-0.4, -0.2) is 52.5 Å². The lowest BCUT2D eigenvalue weighted by Gasteiger charge is -2.21. The van der Waals surface area contributed by atoms with Gasteiger partial charge in [0.25, 0.3) is 5.91 Å². The molecule has 0 bridgehead atoms. The first-order valence-corrected chi connectivity index (χ1v) is 7.66. The standard InChI is InChI=1S/C17H16FN3O4/c1-24-17(23)14-8-11(25-15-5-3-2-4-12(15)18)10-21(14)16(22)13-9-19-6-7-20-13/h2-7,9,11,14H,8,10H2,1H3/t11-,14-/m0/s1. The molecule has 2 aromatic rings. The highest BCUT2D eigenvalue weighted by molar-refractivity contribution is 5.95. The molecule has 0 unspecified atom stereocenters. The van der Waals surface area contributed by atoms with Gasteiger partial charge in [-0.1, -0.05) is 12.1 Å². The van der Waals surface area contributed by atoms with Crippen molar-refractivity contribution >= 4 is 11.9 Å². The van der Waals surface area contributed by atoms with Crippen LogP contribution in [0.2, 0.25) is 0 Å². The van der Waals surface area contributed by atoms with Gasteiger partial charge in [0.15, 0.2) is 11.6 Å². The molecule has 25 heavy (non-hydrogen) atoms. The van der Waals surface area contributed by atoms with Crippen molar-refractivity contribution in [1.29, 1.82) is 0 Å². The number of methoxy groups -OCH3 is 1. The van der Waals surface area contributed by atoms with E-state index < -0.39 is 29.8 Å². The van der Waals surface area contributed by atoms with Gasteiger partial charge in [-0.2, -0.15) is 0 Å². The molecule has 0 spiro atoms. The Morgan fingerprint density at radius 3 is 2.76 bits per heavy atom. The van der Waals surface area contributed by atoms with Crippen LogP contribution in [0, 0.1) is 5.82 Å². The molecule has 0 N–H and O–H groups in total. The van der Waals surface area contributed by atoms with Gasteiger partial charge < -0.3 is 14.4 Å². The number of hydrogen-bond acceptors (Lipinski definition) is 6. The highest BCUT2D eigenvalue weighted by atomic mass is 19.1. The minimum atomic E-state index is -0.823. The molecule has 8 heteroatoms. The first-order valence-electron chi connectivity index (χ1n) is 7.66. The van der Waals surface area contributed by atoms with Crippen molar-refractivity contribution in [1.82, 2.24) is 14.9 Å². The van der Waals surface area contributed by atoms with Gasteiger partial charge in [-0.05, 0) is 12.1 Å². The minimum Gasteiger partial charge on any atom is -0.485 e. The second-order valence-corrected chi connectivity index (χ2v) is 5.49. The normalized spacial score (nSPS) is 19.5. The van der Waals surface area contributed by atoms with E-state index in [1.807, 2.05) is 0 Å². The summed E-state index contributed by atoms with van der Waals surface area (Å²) in [7, 11) is 1.25. The number of amides is 1. The third-order valence-corrected chi connectivity index (χ3v) is 3.91. The summed E-state index contributed by atoms with van der Waals surface area (Å²) in [5.41, 5.74) is 0.114. The maximum Gasteiger partial charge on any atom is 0.328 e. The Bertz CT molecular complexity index is 771. The van der Waals surface area contributed by atoms with E-state index in [2.05, 4.69) is 9.97 Å². The molecule has 130 valence electrons. The second-order valence-electron chi connectivity index (χ2n) is 5.49. The van der Waals surface area contributed by atoms with Crippen LogP contribution in [0.1, 0.15) is 16.9 Å². The van der Waals surface area contributed by atoms with E-state index in [9.17, 15) is 14.0 Å². The smallest absolute Gasteiger partial charge is 0.328 e. The summed E-state index contributed by atoms with van der Waals surface area (Å²) in [6.07, 6.45) is 3.82. The summed E-state index contributed by atoms with van der Waals surface area (Å²) < 4.78 is 24.2. The summed E-state index contributed by atoms with van der Waals surface area (Å²) in [5.74, 6) is -1.44. The first kappa shape index (κ1) is 16.8. The van der Waals surface area contributed by atoms with E-state index in [1.54, 1.807) is 12.1 Å². The number of nitrogens with zero attached hydrogens (tertiary/aromatic N) is 3. The highest BCUT2D eigenvalue weighted by Gasteiger charge is 2.42. The molecule has 1 fully saturated rings.